The Labute approximate surface area is 202 Å². The quantitative estimate of drug-likeness (QED) is 0.179. The molecule has 182 valence electrons. The number of non-ortho nitro benzene ring substituents is 1. The highest BCUT2D eigenvalue weighted by molar-refractivity contribution is 7.87. The molecule has 0 aliphatic carbocycles. The van der Waals surface area contributed by atoms with Crippen LogP contribution in [0.25, 0.3) is 6.08 Å². The minimum atomic E-state index is -4.11. The van der Waals surface area contributed by atoms with Gasteiger partial charge in [0, 0.05) is 30.8 Å². The number of nitro benzene ring substituents is 1. The fourth-order valence-electron chi connectivity index (χ4n) is 3.11. The average Bonchev–Trinajstić information content (AvgIpc) is 2.82. The Morgan fingerprint density at radius 1 is 1.03 bits per heavy atom. The standard InChI is InChI=1S/C25H23FN2O6S/c1-18(2)27(25(29)16-7-19-3-10-22(11-4-19)28(30)31)17-20-5-12-23(13-6-20)34-35(32,33)24-14-8-21(26)9-15-24/h3-16,18H,17H2,1-2H3. The zero-order valence-corrected chi connectivity index (χ0v) is 19.8. The molecule has 0 N–H and O–H groups in total. The predicted octanol–water partition coefficient (Wildman–Crippen LogP) is 4.95. The summed E-state index contributed by atoms with van der Waals surface area (Å²) >= 11 is 0. The minimum absolute atomic E-state index is 0.0322. The molecule has 8 nitrogen and oxygen atoms in total. The lowest BCUT2D eigenvalue weighted by Crippen LogP contribution is -2.35. The molecular weight excluding hydrogens is 475 g/mol. The zero-order chi connectivity index (χ0) is 25.6. The van der Waals surface area contributed by atoms with Crippen LogP contribution in [0.3, 0.4) is 0 Å². The molecule has 0 radical (unpaired) electrons. The van der Waals surface area contributed by atoms with E-state index < -0.39 is 20.9 Å². The van der Waals surface area contributed by atoms with E-state index in [1.54, 1.807) is 35.2 Å². The monoisotopic (exact) mass is 498 g/mol. The topological polar surface area (TPSA) is 107 Å². The molecule has 0 aliphatic heterocycles. The SMILES string of the molecule is CC(C)N(Cc1ccc(OS(=O)(=O)c2ccc(F)cc2)cc1)C(=O)C=Cc1ccc([N+](=O)[O-])cc1. The van der Waals surface area contributed by atoms with Crippen molar-refractivity contribution >= 4 is 27.8 Å². The first-order chi connectivity index (χ1) is 16.5. The largest absolute Gasteiger partial charge is 0.379 e. The molecule has 0 saturated carbocycles. The third-order valence-electron chi connectivity index (χ3n) is 5.01. The second kappa shape index (κ2) is 10.9. The number of carbonyl (C=O) groups excluding carboxylic acids is 1. The van der Waals surface area contributed by atoms with Gasteiger partial charge in [-0.3, -0.25) is 14.9 Å². The zero-order valence-electron chi connectivity index (χ0n) is 19.0. The second-order valence-electron chi connectivity index (χ2n) is 7.88. The van der Waals surface area contributed by atoms with Crippen LogP contribution in [0.5, 0.6) is 5.75 Å². The molecule has 0 spiro atoms. The highest BCUT2D eigenvalue weighted by atomic mass is 32.2. The van der Waals surface area contributed by atoms with Gasteiger partial charge in [-0.1, -0.05) is 12.1 Å². The van der Waals surface area contributed by atoms with E-state index in [0.29, 0.717) is 5.56 Å². The normalized spacial score (nSPS) is 11.5. The van der Waals surface area contributed by atoms with Crippen molar-refractivity contribution in [3.8, 4) is 5.75 Å². The fourth-order valence-corrected chi connectivity index (χ4v) is 4.04. The Balaban J connectivity index is 1.67. The Hall–Kier alpha value is -4.05. The van der Waals surface area contributed by atoms with Crippen molar-refractivity contribution < 1.29 is 26.7 Å². The van der Waals surface area contributed by atoms with Crippen molar-refractivity contribution in [1.82, 2.24) is 4.90 Å². The first-order valence-corrected chi connectivity index (χ1v) is 12.0. The van der Waals surface area contributed by atoms with Crippen molar-refractivity contribution in [2.24, 2.45) is 0 Å². The summed E-state index contributed by atoms with van der Waals surface area (Å²) in [5.74, 6) is -0.726. The van der Waals surface area contributed by atoms with Gasteiger partial charge in [-0.15, -0.1) is 0 Å². The summed E-state index contributed by atoms with van der Waals surface area (Å²) in [6.07, 6.45) is 2.98. The molecule has 3 rings (SSSR count). The summed E-state index contributed by atoms with van der Waals surface area (Å²) in [5.41, 5.74) is 1.37. The van der Waals surface area contributed by atoms with E-state index in [2.05, 4.69) is 0 Å². The second-order valence-corrected chi connectivity index (χ2v) is 9.42. The van der Waals surface area contributed by atoms with Gasteiger partial charge in [-0.2, -0.15) is 8.42 Å². The Morgan fingerprint density at radius 2 is 1.63 bits per heavy atom. The van der Waals surface area contributed by atoms with E-state index in [1.807, 2.05) is 13.8 Å². The van der Waals surface area contributed by atoms with Gasteiger partial charge in [-0.25, -0.2) is 4.39 Å². The fraction of sp³-hybridized carbons (Fsp3) is 0.160. The Kier molecular flexibility index (Phi) is 7.98. The van der Waals surface area contributed by atoms with Gasteiger partial charge in [0.05, 0.1) is 4.92 Å². The number of hydrogen-bond donors (Lipinski definition) is 0. The van der Waals surface area contributed by atoms with Crippen LogP contribution >= 0.6 is 0 Å². The minimum Gasteiger partial charge on any atom is -0.379 e. The van der Waals surface area contributed by atoms with Gasteiger partial charge in [0.1, 0.15) is 16.5 Å². The van der Waals surface area contributed by atoms with Gasteiger partial charge in [0.25, 0.3) is 5.69 Å². The van der Waals surface area contributed by atoms with Gasteiger partial charge >= 0.3 is 10.1 Å². The van der Waals surface area contributed by atoms with E-state index in [4.69, 9.17) is 4.18 Å². The summed E-state index contributed by atoms with van der Waals surface area (Å²) in [5, 5.41) is 10.8. The van der Waals surface area contributed by atoms with Crippen LogP contribution < -0.4 is 4.18 Å². The molecule has 10 heteroatoms. The average molecular weight is 499 g/mol. The van der Waals surface area contributed by atoms with E-state index in [0.717, 1.165) is 29.8 Å². The molecule has 0 aliphatic rings. The van der Waals surface area contributed by atoms with Gasteiger partial charge in [-0.05, 0) is 79.6 Å². The molecule has 0 fully saturated rings. The molecule has 0 bridgehead atoms. The maximum absolute atomic E-state index is 13.0. The van der Waals surface area contributed by atoms with Crippen molar-refractivity contribution in [1.29, 1.82) is 0 Å². The number of nitrogens with zero attached hydrogens (tertiary/aromatic N) is 2. The third-order valence-corrected chi connectivity index (χ3v) is 6.27. The Bertz CT molecular complexity index is 1320. The molecule has 0 saturated heterocycles. The first-order valence-electron chi connectivity index (χ1n) is 10.6. The highest BCUT2D eigenvalue weighted by Crippen LogP contribution is 2.21. The van der Waals surface area contributed by atoms with Crippen LogP contribution in [0.2, 0.25) is 0 Å². The first kappa shape index (κ1) is 25.6. The van der Waals surface area contributed by atoms with E-state index in [1.165, 1.54) is 30.3 Å². The van der Waals surface area contributed by atoms with Crippen LogP contribution in [0.1, 0.15) is 25.0 Å². The molecule has 0 aromatic heterocycles. The highest BCUT2D eigenvalue weighted by Gasteiger charge is 2.18. The van der Waals surface area contributed by atoms with E-state index in [9.17, 15) is 27.7 Å². The summed E-state index contributed by atoms with van der Waals surface area (Å²) in [7, 11) is -4.11. The number of amides is 1. The van der Waals surface area contributed by atoms with E-state index in [-0.39, 0.29) is 34.8 Å². The number of halogens is 1. The lowest BCUT2D eigenvalue weighted by atomic mass is 10.1. The van der Waals surface area contributed by atoms with Crippen LogP contribution in [0.15, 0.2) is 83.8 Å². The van der Waals surface area contributed by atoms with Crippen LogP contribution in [-0.4, -0.2) is 30.2 Å². The van der Waals surface area contributed by atoms with Crippen LogP contribution in [0.4, 0.5) is 10.1 Å². The predicted molar refractivity (Wildman–Crippen MR) is 128 cm³/mol. The lowest BCUT2D eigenvalue weighted by Gasteiger charge is -2.25. The summed E-state index contributed by atoms with van der Waals surface area (Å²) in [6.45, 7) is 4.00. The van der Waals surface area contributed by atoms with Crippen LogP contribution in [0, 0.1) is 15.9 Å². The lowest BCUT2D eigenvalue weighted by molar-refractivity contribution is -0.384. The van der Waals surface area contributed by atoms with E-state index >= 15 is 0 Å². The Morgan fingerprint density at radius 3 is 2.17 bits per heavy atom. The number of rotatable bonds is 9. The van der Waals surface area contributed by atoms with Crippen molar-refractivity contribution in [3.63, 3.8) is 0 Å². The van der Waals surface area contributed by atoms with Crippen molar-refractivity contribution in [3.05, 3.63) is 106 Å². The van der Waals surface area contributed by atoms with Crippen molar-refractivity contribution in [2.75, 3.05) is 0 Å². The third kappa shape index (κ3) is 6.97. The number of benzene rings is 3. The maximum Gasteiger partial charge on any atom is 0.339 e. The molecule has 3 aromatic carbocycles. The molecule has 0 heterocycles. The molecular formula is C25H23FN2O6S. The molecule has 0 atom stereocenters. The molecule has 3 aromatic rings. The molecule has 0 unspecified atom stereocenters. The molecule has 35 heavy (non-hydrogen) atoms. The summed E-state index contributed by atoms with van der Waals surface area (Å²) in [6, 6.07) is 16.3. The van der Waals surface area contributed by atoms with Crippen molar-refractivity contribution in [2.45, 2.75) is 31.3 Å². The number of nitro groups is 1. The van der Waals surface area contributed by atoms with Gasteiger partial charge in [0.2, 0.25) is 5.91 Å². The van der Waals surface area contributed by atoms with Gasteiger partial charge < -0.3 is 9.08 Å². The number of carbonyl (C=O) groups is 1. The molecule has 1 amide bonds. The summed E-state index contributed by atoms with van der Waals surface area (Å²) < 4.78 is 42.9. The van der Waals surface area contributed by atoms with Gasteiger partial charge in [0.15, 0.2) is 0 Å². The summed E-state index contributed by atoms with van der Waals surface area (Å²) in [4.78, 5) is 24.5. The smallest absolute Gasteiger partial charge is 0.339 e. The maximum atomic E-state index is 13.0. The number of hydrogen-bond acceptors (Lipinski definition) is 6. The van der Waals surface area contributed by atoms with Crippen LogP contribution in [-0.2, 0) is 21.5 Å².